The lowest BCUT2D eigenvalue weighted by atomic mass is 10.2. The highest BCUT2D eigenvalue weighted by Gasteiger charge is 2.23. The number of aryl methyl sites for hydroxylation is 1. The van der Waals surface area contributed by atoms with Gasteiger partial charge in [0.15, 0.2) is 11.4 Å². The first kappa shape index (κ1) is 14.3. The maximum Gasteiger partial charge on any atom is 0.314 e. The Balaban J connectivity index is 2.54. The molecular weight excluding hydrogens is 279 g/mol. The van der Waals surface area contributed by atoms with E-state index < -0.39 is 27.9 Å². The number of ether oxygens (including phenoxy) is 1. The van der Waals surface area contributed by atoms with Crippen LogP contribution in [0.25, 0.3) is 4.85 Å². The second-order valence-corrected chi connectivity index (χ2v) is 4.22. The largest absolute Gasteiger partial charge is 0.505 e. The number of phenols is 1. The van der Waals surface area contributed by atoms with Gasteiger partial charge in [-0.3, -0.25) is 10.1 Å². The lowest BCUT2D eigenvalue weighted by Gasteiger charge is -2.09. The number of nitro groups is 1. The minimum absolute atomic E-state index is 0.0774. The summed E-state index contributed by atoms with van der Waals surface area (Å²) in [5.74, 6) is -2.60. The molecule has 2 aromatic carbocycles. The fourth-order valence-corrected chi connectivity index (χ4v) is 1.75. The quantitative estimate of drug-likeness (QED) is 0.524. The Morgan fingerprint density at radius 3 is 2.71 bits per heavy atom. The van der Waals surface area contributed by atoms with E-state index in [4.69, 9.17) is 11.3 Å². The summed E-state index contributed by atoms with van der Waals surface area (Å²) >= 11 is 0. The first-order chi connectivity index (χ1) is 9.92. The second kappa shape index (κ2) is 5.46. The van der Waals surface area contributed by atoms with Gasteiger partial charge in [0.1, 0.15) is 5.75 Å². The Labute approximate surface area is 119 Å². The standard InChI is InChI=1S/C14H9FN2O4/c1-8-5-9(16-2)7-10(6-8)21-14-11(17(19)20)3-4-12(18)13(14)15/h3-7,18H,1H3. The number of benzene rings is 2. The summed E-state index contributed by atoms with van der Waals surface area (Å²) in [6, 6.07) is 6.24. The number of nitro benzene ring substituents is 1. The number of rotatable bonds is 3. The summed E-state index contributed by atoms with van der Waals surface area (Å²) in [6.07, 6.45) is 0. The van der Waals surface area contributed by atoms with Crippen molar-refractivity contribution >= 4 is 11.4 Å². The van der Waals surface area contributed by atoms with Crippen LogP contribution in [-0.4, -0.2) is 10.0 Å². The van der Waals surface area contributed by atoms with Gasteiger partial charge in [0.2, 0.25) is 11.6 Å². The normalized spacial score (nSPS) is 9.95. The molecule has 0 amide bonds. The maximum atomic E-state index is 13.9. The summed E-state index contributed by atoms with van der Waals surface area (Å²) in [6.45, 7) is 8.65. The van der Waals surface area contributed by atoms with Crippen LogP contribution in [0.15, 0.2) is 30.3 Å². The van der Waals surface area contributed by atoms with Gasteiger partial charge < -0.3 is 9.84 Å². The van der Waals surface area contributed by atoms with Crippen LogP contribution < -0.4 is 4.74 Å². The van der Waals surface area contributed by atoms with Crippen LogP contribution in [0.2, 0.25) is 0 Å². The highest BCUT2D eigenvalue weighted by molar-refractivity contribution is 5.56. The molecule has 2 rings (SSSR count). The molecule has 0 spiro atoms. The molecule has 0 aliphatic carbocycles. The molecule has 0 aliphatic rings. The summed E-state index contributed by atoms with van der Waals surface area (Å²) in [5, 5.41) is 20.2. The Hall–Kier alpha value is -3.14. The highest BCUT2D eigenvalue weighted by atomic mass is 19.1. The van der Waals surface area contributed by atoms with Crippen molar-refractivity contribution in [3.05, 3.63) is 63.2 Å². The van der Waals surface area contributed by atoms with Crippen molar-refractivity contribution in [2.45, 2.75) is 6.92 Å². The molecule has 0 aromatic heterocycles. The van der Waals surface area contributed by atoms with Gasteiger partial charge in [0.25, 0.3) is 0 Å². The average molecular weight is 288 g/mol. The number of hydrogen-bond donors (Lipinski definition) is 1. The highest BCUT2D eigenvalue weighted by Crippen LogP contribution is 2.39. The van der Waals surface area contributed by atoms with E-state index in [1.165, 1.54) is 12.1 Å². The van der Waals surface area contributed by atoms with Crippen molar-refractivity contribution in [1.29, 1.82) is 0 Å². The molecule has 7 heteroatoms. The molecule has 0 saturated heterocycles. The van der Waals surface area contributed by atoms with Gasteiger partial charge in [-0.2, -0.15) is 4.39 Å². The minimum atomic E-state index is -1.23. The molecule has 0 heterocycles. The first-order valence-corrected chi connectivity index (χ1v) is 5.75. The number of nitrogens with zero attached hydrogens (tertiary/aromatic N) is 2. The number of hydrogen-bond acceptors (Lipinski definition) is 4. The van der Waals surface area contributed by atoms with Gasteiger partial charge in [0.05, 0.1) is 11.5 Å². The van der Waals surface area contributed by atoms with E-state index in [9.17, 15) is 19.6 Å². The predicted molar refractivity (Wildman–Crippen MR) is 72.2 cm³/mol. The van der Waals surface area contributed by atoms with Gasteiger partial charge in [-0.05, 0) is 25.1 Å². The molecule has 2 aromatic rings. The zero-order valence-electron chi connectivity index (χ0n) is 10.8. The minimum Gasteiger partial charge on any atom is -0.505 e. The van der Waals surface area contributed by atoms with E-state index in [0.717, 1.165) is 12.1 Å². The topological polar surface area (TPSA) is 77.0 Å². The Morgan fingerprint density at radius 1 is 1.38 bits per heavy atom. The van der Waals surface area contributed by atoms with Crippen LogP contribution in [0, 0.1) is 29.4 Å². The molecule has 0 radical (unpaired) electrons. The Morgan fingerprint density at radius 2 is 2.10 bits per heavy atom. The van der Waals surface area contributed by atoms with Gasteiger partial charge in [-0.15, -0.1) is 0 Å². The summed E-state index contributed by atoms with van der Waals surface area (Å²) in [5.41, 5.74) is 0.325. The Bertz CT molecular complexity index is 768. The fourth-order valence-electron chi connectivity index (χ4n) is 1.75. The number of aromatic hydroxyl groups is 1. The monoisotopic (exact) mass is 288 g/mol. The molecular formula is C14H9FN2O4. The van der Waals surface area contributed by atoms with Gasteiger partial charge in [0, 0.05) is 6.07 Å². The van der Waals surface area contributed by atoms with E-state index in [-0.39, 0.29) is 11.4 Å². The van der Waals surface area contributed by atoms with Crippen molar-refractivity contribution in [2.75, 3.05) is 0 Å². The molecule has 106 valence electrons. The Kier molecular flexibility index (Phi) is 3.71. The van der Waals surface area contributed by atoms with Crippen LogP contribution in [0.1, 0.15) is 5.56 Å². The van der Waals surface area contributed by atoms with Crippen LogP contribution in [0.5, 0.6) is 17.2 Å². The molecule has 0 saturated carbocycles. The van der Waals surface area contributed by atoms with Crippen molar-refractivity contribution < 1.29 is 19.2 Å². The molecule has 6 nitrogen and oxygen atoms in total. The molecule has 21 heavy (non-hydrogen) atoms. The fraction of sp³-hybridized carbons (Fsp3) is 0.0714. The van der Waals surface area contributed by atoms with Crippen LogP contribution in [0.4, 0.5) is 15.8 Å². The maximum absolute atomic E-state index is 13.9. The van der Waals surface area contributed by atoms with E-state index in [1.807, 2.05) is 0 Å². The van der Waals surface area contributed by atoms with Gasteiger partial charge in [-0.25, -0.2) is 4.85 Å². The lowest BCUT2D eigenvalue weighted by Crippen LogP contribution is -1.96. The first-order valence-electron chi connectivity index (χ1n) is 5.75. The van der Waals surface area contributed by atoms with Gasteiger partial charge in [-0.1, -0.05) is 11.6 Å². The van der Waals surface area contributed by atoms with Crippen molar-refractivity contribution in [1.82, 2.24) is 0 Å². The van der Waals surface area contributed by atoms with Crippen LogP contribution >= 0.6 is 0 Å². The van der Waals surface area contributed by atoms with E-state index >= 15 is 0 Å². The molecule has 0 unspecified atom stereocenters. The van der Waals surface area contributed by atoms with Crippen molar-refractivity contribution in [3.8, 4) is 17.2 Å². The number of phenolic OH excluding ortho intramolecular Hbond substituents is 1. The van der Waals surface area contributed by atoms with Crippen molar-refractivity contribution in [2.24, 2.45) is 0 Å². The van der Waals surface area contributed by atoms with E-state index in [2.05, 4.69) is 4.85 Å². The zero-order valence-corrected chi connectivity index (χ0v) is 10.8. The smallest absolute Gasteiger partial charge is 0.314 e. The molecule has 0 fully saturated rings. The van der Waals surface area contributed by atoms with Gasteiger partial charge >= 0.3 is 5.69 Å². The predicted octanol–water partition coefficient (Wildman–Crippen LogP) is 4.09. The van der Waals surface area contributed by atoms with E-state index in [1.54, 1.807) is 13.0 Å². The van der Waals surface area contributed by atoms with Crippen molar-refractivity contribution in [3.63, 3.8) is 0 Å². The third-order valence-corrected chi connectivity index (χ3v) is 2.64. The number of halogens is 1. The summed E-state index contributed by atoms with van der Waals surface area (Å²) in [4.78, 5) is 13.3. The molecule has 0 atom stereocenters. The molecule has 0 aliphatic heterocycles. The third-order valence-electron chi connectivity index (χ3n) is 2.64. The summed E-state index contributed by atoms with van der Waals surface area (Å²) < 4.78 is 19.0. The summed E-state index contributed by atoms with van der Waals surface area (Å²) in [7, 11) is 0. The van der Waals surface area contributed by atoms with Crippen LogP contribution in [-0.2, 0) is 0 Å². The third kappa shape index (κ3) is 2.90. The second-order valence-electron chi connectivity index (χ2n) is 4.22. The SMILES string of the molecule is [C-]#[N+]c1cc(C)cc(Oc2c([N+](=O)[O-])ccc(O)c2F)c1. The zero-order chi connectivity index (χ0) is 15.6. The van der Waals surface area contributed by atoms with Crippen LogP contribution in [0.3, 0.4) is 0 Å². The molecule has 0 bridgehead atoms. The molecule has 1 N–H and O–H groups in total. The average Bonchev–Trinajstić information content (AvgIpc) is 2.43. The van der Waals surface area contributed by atoms with E-state index in [0.29, 0.717) is 5.56 Å². The lowest BCUT2D eigenvalue weighted by molar-refractivity contribution is -0.385.